The molecule has 18 heavy (non-hydrogen) atoms. The molecule has 1 aliphatic heterocycles. The zero-order valence-electron chi connectivity index (χ0n) is 10.8. The third kappa shape index (κ3) is 5.97. The quantitative estimate of drug-likeness (QED) is 0.604. The Hall–Kier alpha value is -1.14. The fraction of sp³-hybridized carbons (Fsp3) is 0.833. The Labute approximate surface area is 107 Å². The van der Waals surface area contributed by atoms with Crippen molar-refractivity contribution in [1.29, 1.82) is 0 Å². The van der Waals surface area contributed by atoms with Gasteiger partial charge in [0, 0.05) is 19.1 Å². The summed E-state index contributed by atoms with van der Waals surface area (Å²) in [5.41, 5.74) is 0. The highest BCUT2D eigenvalue weighted by atomic mass is 16.5. The molecule has 0 spiro atoms. The maximum Gasteiger partial charge on any atom is 0.305 e. The molecule has 0 saturated carbocycles. The summed E-state index contributed by atoms with van der Waals surface area (Å²) >= 11 is 0. The van der Waals surface area contributed by atoms with Gasteiger partial charge in [0.15, 0.2) is 0 Å². The van der Waals surface area contributed by atoms with Gasteiger partial charge in [-0.25, -0.2) is 0 Å². The summed E-state index contributed by atoms with van der Waals surface area (Å²) in [6.45, 7) is 4.07. The van der Waals surface area contributed by atoms with Crippen LogP contribution in [0.15, 0.2) is 0 Å². The first-order valence-corrected chi connectivity index (χ1v) is 6.45. The smallest absolute Gasteiger partial charge is 0.305 e. The number of carboxylic acids is 1. The summed E-state index contributed by atoms with van der Waals surface area (Å²) in [7, 11) is 0. The minimum atomic E-state index is -0.885. The zero-order chi connectivity index (χ0) is 13.4. The third-order valence-electron chi connectivity index (χ3n) is 2.84. The van der Waals surface area contributed by atoms with Crippen LogP contribution in [0.4, 0.5) is 0 Å². The molecular weight excluding hydrogens is 236 g/mol. The van der Waals surface area contributed by atoms with Crippen molar-refractivity contribution < 1.29 is 19.4 Å². The van der Waals surface area contributed by atoms with E-state index in [1.165, 1.54) is 0 Å². The van der Waals surface area contributed by atoms with E-state index in [2.05, 4.69) is 10.6 Å². The number of carboxylic acid groups (broad SMARTS) is 1. The standard InChI is InChI=1S/C12H22N2O4/c1-2-3-9(6-12(16)17)14-11(15)7-10-8-13-4-5-18-10/h9-10,13H,2-8H2,1H3,(H,14,15)(H,16,17). The van der Waals surface area contributed by atoms with Gasteiger partial charge in [0.05, 0.1) is 25.6 Å². The highest BCUT2D eigenvalue weighted by Crippen LogP contribution is 2.05. The first-order chi connectivity index (χ1) is 8.61. The van der Waals surface area contributed by atoms with Crippen LogP contribution in [-0.2, 0) is 14.3 Å². The van der Waals surface area contributed by atoms with Gasteiger partial charge in [0.2, 0.25) is 5.91 Å². The van der Waals surface area contributed by atoms with Crippen LogP contribution in [0.5, 0.6) is 0 Å². The number of aliphatic carboxylic acids is 1. The van der Waals surface area contributed by atoms with Crippen LogP contribution in [0.3, 0.4) is 0 Å². The number of carbonyl (C=O) groups is 2. The van der Waals surface area contributed by atoms with Gasteiger partial charge in [-0.05, 0) is 6.42 Å². The molecule has 1 heterocycles. The molecule has 104 valence electrons. The predicted molar refractivity (Wildman–Crippen MR) is 66.3 cm³/mol. The minimum Gasteiger partial charge on any atom is -0.481 e. The highest BCUT2D eigenvalue weighted by Gasteiger charge is 2.20. The SMILES string of the molecule is CCCC(CC(=O)O)NC(=O)CC1CNCCO1. The largest absolute Gasteiger partial charge is 0.481 e. The van der Waals surface area contributed by atoms with E-state index >= 15 is 0 Å². The van der Waals surface area contributed by atoms with Gasteiger partial charge < -0.3 is 20.5 Å². The molecular formula is C12H22N2O4. The van der Waals surface area contributed by atoms with Gasteiger partial charge in [0.25, 0.3) is 0 Å². The van der Waals surface area contributed by atoms with Crippen molar-refractivity contribution in [3.63, 3.8) is 0 Å². The molecule has 2 atom stereocenters. The number of hydrogen-bond acceptors (Lipinski definition) is 4. The molecule has 0 aliphatic carbocycles. The Balaban J connectivity index is 2.32. The fourth-order valence-electron chi connectivity index (χ4n) is 2.03. The van der Waals surface area contributed by atoms with Crippen molar-refractivity contribution in [2.24, 2.45) is 0 Å². The second kappa shape index (κ2) is 8.05. The zero-order valence-corrected chi connectivity index (χ0v) is 10.8. The first kappa shape index (κ1) is 14.9. The number of morpholine rings is 1. The molecule has 6 heteroatoms. The summed E-state index contributed by atoms with van der Waals surface area (Å²) in [5, 5.41) is 14.7. The molecule has 1 saturated heterocycles. The second-order valence-corrected chi connectivity index (χ2v) is 4.55. The molecule has 0 aromatic carbocycles. The molecule has 6 nitrogen and oxygen atoms in total. The molecule has 0 aromatic heterocycles. The van der Waals surface area contributed by atoms with Crippen LogP contribution in [0, 0.1) is 0 Å². The van der Waals surface area contributed by atoms with Crippen molar-refractivity contribution in [2.75, 3.05) is 19.7 Å². The van der Waals surface area contributed by atoms with Crippen molar-refractivity contribution in [2.45, 2.75) is 44.8 Å². The molecule has 0 aromatic rings. The molecule has 1 amide bonds. The number of nitrogens with one attached hydrogen (secondary N) is 2. The average molecular weight is 258 g/mol. The van der Waals surface area contributed by atoms with E-state index in [1.807, 2.05) is 6.92 Å². The average Bonchev–Trinajstić information content (AvgIpc) is 2.29. The second-order valence-electron chi connectivity index (χ2n) is 4.55. The molecule has 2 unspecified atom stereocenters. The van der Waals surface area contributed by atoms with E-state index in [4.69, 9.17) is 9.84 Å². The molecule has 3 N–H and O–H groups in total. The fourth-order valence-corrected chi connectivity index (χ4v) is 2.03. The molecule has 0 radical (unpaired) electrons. The number of amides is 1. The Kier molecular flexibility index (Phi) is 6.67. The highest BCUT2D eigenvalue weighted by molar-refractivity contribution is 5.77. The topological polar surface area (TPSA) is 87.7 Å². The van der Waals surface area contributed by atoms with Crippen LogP contribution in [0.25, 0.3) is 0 Å². The van der Waals surface area contributed by atoms with Gasteiger partial charge >= 0.3 is 5.97 Å². The van der Waals surface area contributed by atoms with Crippen molar-refractivity contribution in [1.82, 2.24) is 10.6 Å². The van der Waals surface area contributed by atoms with Crippen molar-refractivity contribution in [3.05, 3.63) is 0 Å². The van der Waals surface area contributed by atoms with Crippen LogP contribution in [-0.4, -0.2) is 48.8 Å². The minimum absolute atomic E-state index is 0.0245. The molecule has 0 bridgehead atoms. The number of carbonyl (C=O) groups excluding carboxylic acids is 1. The van der Waals surface area contributed by atoms with E-state index in [0.29, 0.717) is 19.6 Å². The monoisotopic (exact) mass is 258 g/mol. The van der Waals surface area contributed by atoms with Crippen molar-refractivity contribution >= 4 is 11.9 Å². The Morgan fingerprint density at radius 2 is 2.33 bits per heavy atom. The summed E-state index contributed by atoms with van der Waals surface area (Å²) in [6.07, 6.45) is 1.68. The van der Waals surface area contributed by atoms with E-state index in [-0.39, 0.29) is 30.9 Å². The summed E-state index contributed by atoms with van der Waals surface area (Å²) in [5.74, 6) is -1.02. The summed E-state index contributed by atoms with van der Waals surface area (Å²) in [6, 6.07) is -0.281. The lowest BCUT2D eigenvalue weighted by Crippen LogP contribution is -2.43. The first-order valence-electron chi connectivity index (χ1n) is 6.45. The Morgan fingerprint density at radius 1 is 1.56 bits per heavy atom. The van der Waals surface area contributed by atoms with Crippen LogP contribution in [0.2, 0.25) is 0 Å². The van der Waals surface area contributed by atoms with Crippen LogP contribution < -0.4 is 10.6 Å². The van der Waals surface area contributed by atoms with Crippen LogP contribution >= 0.6 is 0 Å². The Morgan fingerprint density at radius 3 is 2.89 bits per heavy atom. The van der Waals surface area contributed by atoms with E-state index in [0.717, 1.165) is 13.0 Å². The van der Waals surface area contributed by atoms with Crippen molar-refractivity contribution in [3.8, 4) is 0 Å². The lowest BCUT2D eigenvalue weighted by Gasteiger charge is -2.24. The lowest BCUT2D eigenvalue weighted by molar-refractivity contribution is -0.137. The summed E-state index contributed by atoms with van der Waals surface area (Å²) in [4.78, 5) is 22.4. The van der Waals surface area contributed by atoms with E-state index < -0.39 is 5.97 Å². The van der Waals surface area contributed by atoms with Gasteiger partial charge in [-0.1, -0.05) is 13.3 Å². The van der Waals surface area contributed by atoms with Gasteiger partial charge in [-0.2, -0.15) is 0 Å². The molecule has 1 fully saturated rings. The van der Waals surface area contributed by atoms with E-state index in [9.17, 15) is 9.59 Å². The van der Waals surface area contributed by atoms with Gasteiger partial charge in [0.1, 0.15) is 0 Å². The number of rotatable bonds is 7. The van der Waals surface area contributed by atoms with Gasteiger partial charge in [-0.15, -0.1) is 0 Å². The number of hydrogen-bond donors (Lipinski definition) is 3. The maximum absolute atomic E-state index is 11.8. The molecule has 1 aliphatic rings. The predicted octanol–water partition coefficient (Wildman–Crippen LogP) is 0.125. The van der Waals surface area contributed by atoms with E-state index in [1.54, 1.807) is 0 Å². The number of ether oxygens (including phenoxy) is 1. The van der Waals surface area contributed by atoms with Gasteiger partial charge in [-0.3, -0.25) is 9.59 Å². The lowest BCUT2D eigenvalue weighted by atomic mass is 10.1. The Bertz CT molecular complexity index is 277. The third-order valence-corrected chi connectivity index (χ3v) is 2.84. The normalized spacial score (nSPS) is 21.3. The molecule has 1 rings (SSSR count). The summed E-state index contributed by atoms with van der Waals surface area (Å²) < 4.78 is 5.43. The van der Waals surface area contributed by atoms with Crippen LogP contribution in [0.1, 0.15) is 32.6 Å². The maximum atomic E-state index is 11.8.